The van der Waals surface area contributed by atoms with E-state index in [0.29, 0.717) is 24.1 Å². The summed E-state index contributed by atoms with van der Waals surface area (Å²) < 4.78 is 0. The van der Waals surface area contributed by atoms with Gasteiger partial charge < -0.3 is 15.3 Å². The predicted octanol–water partition coefficient (Wildman–Crippen LogP) is 4.97. The predicted molar refractivity (Wildman–Crippen MR) is 120 cm³/mol. The normalized spacial score (nSPS) is 19.5. The number of carboxylic acid groups (broad SMARTS) is 1. The van der Waals surface area contributed by atoms with Gasteiger partial charge in [0, 0.05) is 23.5 Å². The molecule has 1 aromatic heterocycles. The first kappa shape index (κ1) is 22.6. The quantitative estimate of drug-likeness (QED) is 0.650. The molecule has 162 valence electrons. The molecule has 0 saturated carbocycles. The second-order valence-corrected chi connectivity index (χ2v) is 10.1. The Bertz CT molecular complexity index is 911. The molecule has 1 aliphatic rings. The van der Waals surface area contributed by atoms with Gasteiger partial charge in [0.05, 0.1) is 0 Å². The summed E-state index contributed by atoms with van der Waals surface area (Å²) in [5.74, 6) is -0.661. The van der Waals surface area contributed by atoms with Crippen LogP contribution in [0.2, 0.25) is 5.02 Å². The smallest absolute Gasteiger partial charge is 0.355 e. The summed E-state index contributed by atoms with van der Waals surface area (Å²) in [6.45, 7) is 9.69. The molecular weight excluding hydrogens is 422 g/mol. The van der Waals surface area contributed by atoms with Crippen molar-refractivity contribution >= 4 is 39.9 Å². The van der Waals surface area contributed by atoms with Crippen LogP contribution in [0, 0.1) is 11.3 Å². The fourth-order valence-corrected chi connectivity index (χ4v) is 4.99. The number of thiazole rings is 1. The van der Waals surface area contributed by atoms with Crippen LogP contribution in [-0.4, -0.2) is 46.0 Å². The third kappa shape index (κ3) is 4.95. The van der Waals surface area contributed by atoms with E-state index in [2.05, 4.69) is 36.3 Å². The molecule has 2 heterocycles. The molecule has 6 nitrogen and oxygen atoms in total. The van der Waals surface area contributed by atoms with Gasteiger partial charge >= 0.3 is 5.97 Å². The first-order valence-electron chi connectivity index (χ1n) is 10.1. The summed E-state index contributed by atoms with van der Waals surface area (Å²) in [5.41, 5.74) is 1.15. The van der Waals surface area contributed by atoms with E-state index in [0.717, 1.165) is 11.4 Å². The Balaban J connectivity index is 1.73. The maximum Gasteiger partial charge on any atom is 0.355 e. The summed E-state index contributed by atoms with van der Waals surface area (Å²) >= 11 is 7.24. The maximum atomic E-state index is 13.4. The number of benzene rings is 1. The number of hydrogen-bond acceptors (Lipinski definition) is 5. The van der Waals surface area contributed by atoms with Gasteiger partial charge in [-0.1, -0.05) is 51.4 Å². The summed E-state index contributed by atoms with van der Waals surface area (Å²) in [4.78, 5) is 30.5. The monoisotopic (exact) mass is 449 g/mol. The highest BCUT2D eigenvalue weighted by Crippen LogP contribution is 2.42. The van der Waals surface area contributed by atoms with Gasteiger partial charge in [0.1, 0.15) is 6.04 Å². The molecular formula is C22H28ClN3O3S. The molecule has 0 spiro atoms. The molecule has 1 aliphatic heterocycles. The average Bonchev–Trinajstić information content (AvgIpc) is 3.14. The van der Waals surface area contributed by atoms with Gasteiger partial charge in [-0.05, 0) is 41.4 Å². The van der Waals surface area contributed by atoms with Crippen LogP contribution in [0.4, 0.5) is 5.13 Å². The van der Waals surface area contributed by atoms with E-state index in [4.69, 9.17) is 16.7 Å². The lowest BCUT2D eigenvalue weighted by Gasteiger charge is -2.45. The van der Waals surface area contributed by atoms with E-state index in [9.17, 15) is 9.59 Å². The minimum Gasteiger partial charge on any atom is -0.476 e. The van der Waals surface area contributed by atoms with Gasteiger partial charge in [-0.25, -0.2) is 9.78 Å². The molecule has 2 aromatic rings. The number of carbonyl (C=O) groups is 2. The van der Waals surface area contributed by atoms with E-state index in [1.807, 2.05) is 30.9 Å². The molecule has 0 bridgehead atoms. The molecule has 1 amide bonds. The Morgan fingerprint density at radius 2 is 1.97 bits per heavy atom. The molecule has 0 aliphatic carbocycles. The van der Waals surface area contributed by atoms with Crippen molar-refractivity contribution in [3.8, 4) is 0 Å². The van der Waals surface area contributed by atoms with E-state index < -0.39 is 12.0 Å². The fraction of sp³-hybridized carbons (Fsp3) is 0.500. The number of carboxylic acids is 1. The molecule has 1 aromatic carbocycles. The largest absolute Gasteiger partial charge is 0.476 e. The molecule has 1 fully saturated rings. The van der Waals surface area contributed by atoms with Gasteiger partial charge in [0.25, 0.3) is 0 Å². The Kier molecular flexibility index (Phi) is 6.72. The van der Waals surface area contributed by atoms with Gasteiger partial charge in [-0.2, -0.15) is 0 Å². The average molecular weight is 450 g/mol. The molecule has 8 heteroatoms. The lowest BCUT2D eigenvalue weighted by molar-refractivity contribution is -0.136. The Hall–Kier alpha value is -2.12. The van der Waals surface area contributed by atoms with Crippen LogP contribution in [0.15, 0.2) is 29.6 Å². The molecule has 3 rings (SSSR count). The van der Waals surface area contributed by atoms with Gasteiger partial charge in [-0.3, -0.25) is 4.79 Å². The van der Waals surface area contributed by atoms with E-state index in [1.165, 1.54) is 22.3 Å². The number of aromatic carboxylic acids is 1. The van der Waals surface area contributed by atoms with Crippen LogP contribution in [-0.2, 0) is 4.79 Å². The minimum atomic E-state index is -1.07. The van der Waals surface area contributed by atoms with Crippen molar-refractivity contribution in [3.05, 3.63) is 45.9 Å². The number of aromatic nitrogens is 1. The first-order chi connectivity index (χ1) is 14.1. The Morgan fingerprint density at radius 1 is 1.30 bits per heavy atom. The number of halogens is 1. The molecule has 2 atom stereocenters. The number of likely N-dealkylation sites (tertiary alicyclic amines) is 1. The highest BCUT2D eigenvalue weighted by Gasteiger charge is 2.40. The summed E-state index contributed by atoms with van der Waals surface area (Å²) in [6, 6.07) is 7.53. The molecule has 2 N–H and O–H groups in total. The number of carbonyl (C=O) groups excluding carboxylic acids is 1. The van der Waals surface area contributed by atoms with Crippen LogP contribution < -0.4 is 5.32 Å². The number of nitrogens with zero attached hydrogens (tertiary/aromatic N) is 2. The number of amides is 1. The zero-order chi connectivity index (χ0) is 22.1. The zero-order valence-corrected chi connectivity index (χ0v) is 19.3. The second kappa shape index (κ2) is 8.94. The van der Waals surface area contributed by atoms with Crippen molar-refractivity contribution in [3.63, 3.8) is 0 Å². The van der Waals surface area contributed by atoms with Crippen LogP contribution in [0.3, 0.4) is 0 Å². The maximum absolute atomic E-state index is 13.4. The topological polar surface area (TPSA) is 82.5 Å². The van der Waals surface area contributed by atoms with Crippen LogP contribution in [0.1, 0.15) is 56.1 Å². The van der Waals surface area contributed by atoms with Crippen molar-refractivity contribution in [2.75, 3.05) is 18.4 Å². The van der Waals surface area contributed by atoms with E-state index in [1.54, 1.807) is 0 Å². The second-order valence-electron chi connectivity index (χ2n) is 8.85. The lowest BCUT2D eigenvalue weighted by Crippen LogP contribution is -2.53. The highest BCUT2D eigenvalue weighted by molar-refractivity contribution is 7.13. The van der Waals surface area contributed by atoms with Crippen molar-refractivity contribution in [1.29, 1.82) is 0 Å². The molecule has 1 unspecified atom stereocenters. The summed E-state index contributed by atoms with van der Waals surface area (Å²) in [7, 11) is 0. The van der Waals surface area contributed by atoms with E-state index in [-0.39, 0.29) is 22.9 Å². The number of rotatable bonds is 6. The lowest BCUT2D eigenvalue weighted by atomic mass is 9.70. The number of hydrogen-bond donors (Lipinski definition) is 2. The summed E-state index contributed by atoms with van der Waals surface area (Å²) in [5, 5.41) is 14.9. The number of anilines is 1. The van der Waals surface area contributed by atoms with Gasteiger partial charge in [-0.15, -0.1) is 11.3 Å². The molecule has 0 radical (unpaired) electrons. The molecule has 1 saturated heterocycles. The summed E-state index contributed by atoms with van der Waals surface area (Å²) in [6.07, 6.45) is 0.881. The fourth-order valence-electron chi connectivity index (χ4n) is 4.14. The van der Waals surface area contributed by atoms with Gasteiger partial charge in [0.15, 0.2) is 10.8 Å². The highest BCUT2D eigenvalue weighted by atomic mass is 35.5. The van der Waals surface area contributed by atoms with Crippen molar-refractivity contribution in [2.45, 2.75) is 46.1 Å². The standard InChI is InChI=1S/C22H28ClN3O3S/c1-13(2)18(25-21-24-17(11-30-21)20(28)29)19(27)26-10-9-16(22(3,4)12-26)14-5-7-15(23)8-6-14/h5-8,11,13,16,18H,9-10,12H2,1-4H3,(H,24,25)(H,28,29)/t16?,18-/m1/s1. The number of nitrogens with one attached hydrogen (secondary N) is 1. The van der Waals surface area contributed by atoms with Crippen molar-refractivity contribution in [2.24, 2.45) is 11.3 Å². The third-order valence-corrected chi connectivity index (χ3v) is 6.77. The number of piperidine rings is 1. The molecule has 30 heavy (non-hydrogen) atoms. The van der Waals surface area contributed by atoms with Crippen molar-refractivity contribution < 1.29 is 14.7 Å². The Morgan fingerprint density at radius 3 is 2.50 bits per heavy atom. The minimum absolute atomic E-state index is 0.0117. The van der Waals surface area contributed by atoms with Crippen LogP contribution in [0.25, 0.3) is 0 Å². The van der Waals surface area contributed by atoms with Crippen LogP contribution >= 0.6 is 22.9 Å². The Labute approximate surface area is 186 Å². The van der Waals surface area contributed by atoms with E-state index >= 15 is 0 Å². The third-order valence-electron chi connectivity index (χ3n) is 5.75. The zero-order valence-electron chi connectivity index (χ0n) is 17.7. The SMILES string of the molecule is CC(C)[C@@H](Nc1nc(C(=O)O)cs1)C(=O)N1CCC(c2ccc(Cl)cc2)C(C)(C)C1. The van der Waals surface area contributed by atoms with Crippen molar-refractivity contribution in [1.82, 2.24) is 9.88 Å². The van der Waals surface area contributed by atoms with Crippen LogP contribution in [0.5, 0.6) is 0 Å². The first-order valence-corrected chi connectivity index (χ1v) is 11.3. The van der Waals surface area contributed by atoms with Gasteiger partial charge in [0.2, 0.25) is 5.91 Å².